The van der Waals surface area contributed by atoms with Crippen LogP contribution in [-0.4, -0.2) is 16.4 Å². The van der Waals surface area contributed by atoms with Crippen molar-refractivity contribution in [1.82, 2.24) is 4.98 Å². The quantitative estimate of drug-likeness (QED) is 0.821. The van der Waals surface area contributed by atoms with E-state index >= 15 is 0 Å². The molecule has 4 nitrogen and oxygen atoms in total. The standard InChI is InChI=1S/C16H13NO3/c18-9-10-1-2-12-8-13(4-3-11(12)7-10)15-14(19)5-6-17-16(15)20/h1-2,5-9H,3-4H2,(H2,17,19,20). The number of rotatable bonds is 2. The molecule has 0 bridgehead atoms. The number of carbonyl (C=O) groups is 1. The number of fused-ring (bicyclic) bond motifs is 1. The van der Waals surface area contributed by atoms with Gasteiger partial charge in [0.25, 0.3) is 5.56 Å². The third-order valence-electron chi connectivity index (χ3n) is 3.56. The van der Waals surface area contributed by atoms with Gasteiger partial charge in [0.2, 0.25) is 0 Å². The van der Waals surface area contributed by atoms with Gasteiger partial charge in [-0.25, -0.2) is 0 Å². The number of carbonyl (C=O) groups excluding carboxylic acids is 1. The van der Waals surface area contributed by atoms with E-state index in [2.05, 4.69) is 4.98 Å². The average Bonchev–Trinajstić information content (AvgIpc) is 2.46. The van der Waals surface area contributed by atoms with Gasteiger partial charge in [-0.05, 0) is 41.7 Å². The zero-order valence-corrected chi connectivity index (χ0v) is 10.7. The summed E-state index contributed by atoms with van der Waals surface area (Å²) in [6.45, 7) is 0. The maximum atomic E-state index is 11.8. The number of allylic oxidation sites excluding steroid dienone is 1. The summed E-state index contributed by atoms with van der Waals surface area (Å²) in [6.07, 6.45) is 5.56. The highest BCUT2D eigenvalue weighted by molar-refractivity contribution is 5.87. The lowest BCUT2D eigenvalue weighted by Crippen LogP contribution is -2.13. The predicted octanol–water partition coefficient (Wildman–Crippen LogP) is 2.38. The van der Waals surface area contributed by atoms with Gasteiger partial charge in [-0.1, -0.05) is 18.2 Å². The third kappa shape index (κ3) is 2.05. The first-order valence-electron chi connectivity index (χ1n) is 6.39. The van der Waals surface area contributed by atoms with Crippen molar-refractivity contribution in [1.29, 1.82) is 0 Å². The van der Waals surface area contributed by atoms with Crippen LogP contribution in [0, 0.1) is 0 Å². The summed E-state index contributed by atoms with van der Waals surface area (Å²) >= 11 is 0. The highest BCUT2D eigenvalue weighted by atomic mass is 16.3. The van der Waals surface area contributed by atoms with Gasteiger partial charge in [-0.3, -0.25) is 9.59 Å². The number of aromatic nitrogens is 1. The Morgan fingerprint density at radius 1 is 1.20 bits per heavy atom. The first kappa shape index (κ1) is 12.4. The van der Waals surface area contributed by atoms with E-state index in [4.69, 9.17) is 0 Å². The molecule has 0 saturated heterocycles. The van der Waals surface area contributed by atoms with Gasteiger partial charge in [0.15, 0.2) is 0 Å². The highest BCUT2D eigenvalue weighted by Crippen LogP contribution is 2.32. The molecule has 20 heavy (non-hydrogen) atoms. The molecule has 1 heterocycles. The molecule has 0 saturated carbocycles. The van der Waals surface area contributed by atoms with Crippen LogP contribution in [0.5, 0.6) is 5.75 Å². The summed E-state index contributed by atoms with van der Waals surface area (Å²) in [5.41, 5.74) is 3.59. The lowest BCUT2D eigenvalue weighted by Gasteiger charge is -2.17. The first-order valence-corrected chi connectivity index (χ1v) is 6.39. The van der Waals surface area contributed by atoms with Crippen molar-refractivity contribution in [2.75, 3.05) is 0 Å². The number of aryl methyl sites for hydroxylation is 1. The summed E-state index contributed by atoms with van der Waals surface area (Å²) in [5.74, 6) is -0.00652. The van der Waals surface area contributed by atoms with Crippen molar-refractivity contribution in [2.24, 2.45) is 0 Å². The molecule has 1 aliphatic carbocycles. The fourth-order valence-corrected chi connectivity index (χ4v) is 2.56. The number of hydrogen-bond donors (Lipinski definition) is 2. The highest BCUT2D eigenvalue weighted by Gasteiger charge is 2.17. The lowest BCUT2D eigenvalue weighted by atomic mass is 9.88. The van der Waals surface area contributed by atoms with Crippen molar-refractivity contribution in [3.8, 4) is 5.75 Å². The molecular formula is C16H13NO3. The van der Waals surface area contributed by atoms with Gasteiger partial charge in [0.1, 0.15) is 12.0 Å². The Morgan fingerprint density at radius 2 is 2.05 bits per heavy atom. The molecule has 3 rings (SSSR count). The minimum atomic E-state index is -0.288. The molecule has 100 valence electrons. The van der Waals surface area contributed by atoms with E-state index in [1.54, 1.807) is 6.07 Å². The van der Waals surface area contributed by atoms with E-state index in [1.165, 1.54) is 12.3 Å². The predicted molar refractivity (Wildman–Crippen MR) is 76.7 cm³/mol. The maximum absolute atomic E-state index is 11.8. The van der Waals surface area contributed by atoms with Crippen molar-refractivity contribution < 1.29 is 9.90 Å². The Bertz CT molecular complexity index is 772. The SMILES string of the molecule is O=Cc1ccc2c(c1)CCC(c1c(O)cc[nH]c1=O)=C2. The molecule has 2 aromatic rings. The molecule has 1 aromatic carbocycles. The topological polar surface area (TPSA) is 70.2 Å². The second-order valence-corrected chi connectivity index (χ2v) is 4.81. The van der Waals surface area contributed by atoms with Crippen LogP contribution in [0.25, 0.3) is 11.6 Å². The monoisotopic (exact) mass is 267 g/mol. The number of benzene rings is 1. The van der Waals surface area contributed by atoms with Crippen molar-refractivity contribution in [3.05, 3.63) is 63.1 Å². The average molecular weight is 267 g/mol. The van der Waals surface area contributed by atoms with Crippen LogP contribution in [0.4, 0.5) is 0 Å². The molecule has 0 spiro atoms. The molecule has 0 radical (unpaired) electrons. The van der Waals surface area contributed by atoms with Gasteiger partial charge in [0, 0.05) is 11.8 Å². The summed E-state index contributed by atoms with van der Waals surface area (Å²) in [6, 6.07) is 6.96. The molecule has 1 aliphatic rings. The number of nitrogens with one attached hydrogen (secondary N) is 1. The fraction of sp³-hybridized carbons (Fsp3) is 0.125. The number of pyridine rings is 1. The van der Waals surface area contributed by atoms with Gasteiger partial charge in [-0.15, -0.1) is 0 Å². The van der Waals surface area contributed by atoms with Crippen LogP contribution >= 0.6 is 0 Å². The number of aromatic amines is 1. The third-order valence-corrected chi connectivity index (χ3v) is 3.56. The molecule has 0 unspecified atom stereocenters. The normalized spacial score (nSPS) is 13.5. The number of hydrogen-bond acceptors (Lipinski definition) is 3. The summed E-state index contributed by atoms with van der Waals surface area (Å²) in [5, 5.41) is 9.87. The summed E-state index contributed by atoms with van der Waals surface area (Å²) in [4.78, 5) is 25.2. The van der Waals surface area contributed by atoms with Crippen LogP contribution in [0.3, 0.4) is 0 Å². The summed E-state index contributed by atoms with van der Waals surface area (Å²) in [7, 11) is 0. The molecule has 0 aliphatic heterocycles. The van der Waals surface area contributed by atoms with Crippen LogP contribution in [0.1, 0.15) is 33.5 Å². The Kier molecular flexibility index (Phi) is 2.99. The van der Waals surface area contributed by atoms with Crippen LogP contribution in [0.2, 0.25) is 0 Å². The maximum Gasteiger partial charge on any atom is 0.259 e. The van der Waals surface area contributed by atoms with Gasteiger partial charge < -0.3 is 10.1 Å². The Hall–Kier alpha value is -2.62. The number of aromatic hydroxyl groups is 1. The Labute approximate surface area is 115 Å². The molecule has 0 atom stereocenters. The molecule has 0 fully saturated rings. The van der Waals surface area contributed by atoms with Crippen molar-refractivity contribution in [2.45, 2.75) is 12.8 Å². The second-order valence-electron chi connectivity index (χ2n) is 4.81. The number of aldehydes is 1. The Balaban J connectivity index is 2.11. The van der Waals surface area contributed by atoms with Crippen LogP contribution < -0.4 is 5.56 Å². The fourth-order valence-electron chi connectivity index (χ4n) is 2.56. The van der Waals surface area contributed by atoms with Crippen LogP contribution in [-0.2, 0) is 6.42 Å². The van der Waals surface area contributed by atoms with E-state index in [0.29, 0.717) is 17.5 Å². The molecule has 0 amide bonds. The lowest BCUT2D eigenvalue weighted by molar-refractivity contribution is 0.112. The molecular weight excluding hydrogens is 254 g/mol. The summed E-state index contributed by atoms with van der Waals surface area (Å²) < 4.78 is 0. The van der Waals surface area contributed by atoms with Crippen LogP contribution in [0.15, 0.2) is 35.3 Å². The minimum absolute atomic E-state index is 0.00652. The molecule has 2 N–H and O–H groups in total. The van der Waals surface area contributed by atoms with E-state index in [9.17, 15) is 14.7 Å². The second kappa shape index (κ2) is 4.81. The zero-order chi connectivity index (χ0) is 14.1. The zero-order valence-electron chi connectivity index (χ0n) is 10.7. The van der Waals surface area contributed by atoms with E-state index in [1.807, 2.05) is 18.2 Å². The molecule has 4 heteroatoms. The van der Waals surface area contributed by atoms with Gasteiger partial charge >= 0.3 is 0 Å². The largest absolute Gasteiger partial charge is 0.507 e. The van der Waals surface area contributed by atoms with E-state index in [0.717, 1.165) is 29.4 Å². The first-order chi connectivity index (χ1) is 9.69. The minimum Gasteiger partial charge on any atom is -0.507 e. The van der Waals surface area contributed by atoms with Gasteiger partial charge in [0.05, 0.1) is 5.56 Å². The smallest absolute Gasteiger partial charge is 0.259 e. The Morgan fingerprint density at radius 3 is 2.80 bits per heavy atom. The number of H-pyrrole nitrogens is 1. The van der Waals surface area contributed by atoms with Crippen molar-refractivity contribution in [3.63, 3.8) is 0 Å². The van der Waals surface area contributed by atoms with Gasteiger partial charge in [-0.2, -0.15) is 0 Å². The van der Waals surface area contributed by atoms with Crippen molar-refractivity contribution >= 4 is 17.9 Å². The van der Waals surface area contributed by atoms with E-state index in [-0.39, 0.29) is 11.3 Å². The van der Waals surface area contributed by atoms with E-state index < -0.39 is 0 Å². The molecule has 1 aromatic heterocycles.